The molecule has 0 aliphatic rings. The topological polar surface area (TPSA) is 65.3 Å². The molecule has 5 nitrogen and oxygen atoms in total. The van der Waals surface area contributed by atoms with Crippen LogP contribution in [0.5, 0.6) is 5.88 Å². The van der Waals surface area contributed by atoms with Crippen molar-refractivity contribution < 1.29 is 14.1 Å². The average molecular weight is 262 g/mol. The van der Waals surface area contributed by atoms with Crippen molar-refractivity contribution in [2.75, 3.05) is 6.61 Å². The zero-order valence-electron chi connectivity index (χ0n) is 9.95. The molecule has 0 radical (unpaired) electrons. The van der Waals surface area contributed by atoms with Crippen LogP contribution in [0, 0.1) is 15.9 Å². The van der Waals surface area contributed by atoms with E-state index in [1.165, 1.54) is 30.5 Å². The molecule has 1 aromatic heterocycles. The Hall–Kier alpha value is -2.50. The largest absolute Gasteiger partial charge is 0.472 e. The molecule has 0 atom stereocenters. The smallest absolute Gasteiger partial charge is 0.330 e. The lowest BCUT2D eigenvalue weighted by Gasteiger charge is -2.05. The van der Waals surface area contributed by atoms with Crippen LogP contribution in [-0.2, 0) is 6.42 Å². The van der Waals surface area contributed by atoms with Crippen LogP contribution in [0.4, 0.5) is 10.1 Å². The maximum Gasteiger partial charge on any atom is 0.330 e. The normalized spacial score (nSPS) is 10.2. The van der Waals surface area contributed by atoms with Gasteiger partial charge >= 0.3 is 5.69 Å². The summed E-state index contributed by atoms with van der Waals surface area (Å²) in [5, 5.41) is 10.7. The van der Waals surface area contributed by atoms with Crippen molar-refractivity contribution in [2.24, 2.45) is 0 Å². The van der Waals surface area contributed by atoms with Crippen LogP contribution in [0.15, 0.2) is 42.6 Å². The molecule has 0 N–H and O–H groups in total. The number of halogens is 1. The van der Waals surface area contributed by atoms with Crippen molar-refractivity contribution in [3.05, 3.63) is 64.1 Å². The molecule has 0 spiro atoms. The Balaban J connectivity index is 1.96. The monoisotopic (exact) mass is 262 g/mol. The molecule has 0 unspecified atom stereocenters. The molecule has 0 aliphatic carbocycles. The van der Waals surface area contributed by atoms with Gasteiger partial charge in [-0.25, -0.2) is 9.37 Å². The van der Waals surface area contributed by atoms with Crippen molar-refractivity contribution in [1.82, 2.24) is 4.98 Å². The second-order valence-electron chi connectivity index (χ2n) is 3.81. The van der Waals surface area contributed by atoms with Gasteiger partial charge in [0, 0.05) is 18.7 Å². The van der Waals surface area contributed by atoms with E-state index in [0.717, 1.165) is 5.56 Å². The van der Waals surface area contributed by atoms with E-state index in [4.69, 9.17) is 4.74 Å². The highest BCUT2D eigenvalue weighted by Crippen LogP contribution is 2.22. The van der Waals surface area contributed by atoms with Gasteiger partial charge in [0.15, 0.2) is 0 Å². The maximum absolute atomic E-state index is 12.7. The second kappa shape index (κ2) is 5.90. The van der Waals surface area contributed by atoms with E-state index in [9.17, 15) is 14.5 Å². The van der Waals surface area contributed by atoms with Crippen LogP contribution in [-0.4, -0.2) is 16.5 Å². The van der Waals surface area contributed by atoms with Gasteiger partial charge in [-0.2, -0.15) is 0 Å². The molecule has 1 aromatic carbocycles. The summed E-state index contributed by atoms with van der Waals surface area (Å²) in [6.45, 7) is 0.240. The number of hydrogen-bond donors (Lipinski definition) is 0. The lowest BCUT2D eigenvalue weighted by Crippen LogP contribution is -2.04. The summed E-state index contributed by atoms with van der Waals surface area (Å²) in [5.74, 6) is -0.306. The van der Waals surface area contributed by atoms with E-state index in [-0.39, 0.29) is 24.0 Å². The summed E-state index contributed by atoms with van der Waals surface area (Å²) in [6.07, 6.45) is 1.95. The first-order valence-electron chi connectivity index (χ1n) is 5.63. The Morgan fingerprint density at radius 3 is 2.68 bits per heavy atom. The van der Waals surface area contributed by atoms with Crippen LogP contribution in [0.3, 0.4) is 0 Å². The molecule has 0 aliphatic heterocycles. The standard InChI is InChI=1S/C13H11FN2O3/c14-11-5-3-10(4-6-11)7-9-19-13-12(16(17)18)2-1-8-15-13/h1-6,8H,7,9H2. The van der Waals surface area contributed by atoms with E-state index in [2.05, 4.69) is 4.98 Å². The lowest BCUT2D eigenvalue weighted by atomic mass is 10.2. The highest BCUT2D eigenvalue weighted by Gasteiger charge is 2.15. The molecule has 0 saturated heterocycles. The first-order valence-corrected chi connectivity index (χ1v) is 5.63. The molecule has 2 rings (SSSR count). The van der Waals surface area contributed by atoms with Gasteiger partial charge in [0.2, 0.25) is 0 Å². The fourth-order valence-corrected chi connectivity index (χ4v) is 1.55. The maximum atomic E-state index is 12.7. The predicted octanol–water partition coefficient (Wildman–Crippen LogP) is 2.75. The molecule has 0 bridgehead atoms. The SMILES string of the molecule is O=[N+]([O-])c1cccnc1OCCc1ccc(F)cc1. The van der Waals surface area contributed by atoms with Crippen molar-refractivity contribution >= 4 is 5.69 Å². The molecule has 98 valence electrons. The van der Waals surface area contributed by atoms with Gasteiger partial charge in [0.25, 0.3) is 5.88 Å². The number of pyridine rings is 1. The molecule has 6 heteroatoms. The Labute approximate surface area is 108 Å². The van der Waals surface area contributed by atoms with Crippen molar-refractivity contribution in [2.45, 2.75) is 6.42 Å². The predicted molar refractivity (Wildman–Crippen MR) is 66.5 cm³/mol. The summed E-state index contributed by atoms with van der Waals surface area (Å²) in [7, 11) is 0. The number of nitro groups is 1. The van der Waals surface area contributed by atoms with Crippen LogP contribution in [0.2, 0.25) is 0 Å². The fraction of sp³-hybridized carbons (Fsp3) is 0.154. The summed E-state index contributed by atoms with van der Waals surface area (Å²) >= 11 is 0. The van der Waals surface area contributed by atoms with E-state index in [0.29, 0.717) is 6.42 Å². The third kappa shape index (κ3) is 3.48. The van der Waals surface area contributed by atoms with Gasteiger partial charge < -0.3 is 4.74 Å². The minimum Gasteiger partial charge on any atom is -0.472 e. The highest BCUT2D eigenvalue weighted by molar-refractivity contribution is 5.39. The fourth-order valence-electron chi connectivity index (χ4n) is 1.55. The minimum absolute atomic E-state index is 0.00499. The van der Waals surface area contributed by atoms with E-state index < -0.39 is 4.92 Å². The van der Waals surface area contributed by atoms with E-state index in [1.807, 2.05) is 0 Å². The Bertz CT molecular complexity index is 572. The molecule has 1 heterocycles. The van der Waals surface area contributed by atoms with Gasteiger partial charge in [-0.1, -0.05) is 12.1 Å². The quantitative estimate of drug-likeness (QED) is 0.614. The number of rotatable bonds is 5. The lowest BCUT2D eigenvalue weighted by molar-refractivity contribution is -0.386. The Morgan fingerprint density at radius 2 is 2.00 bits per heavy atom. The van der Waals surface area contributed by atoms with Crippen molar-refractivity contribution in [3.8, 4) is 5.88 Å². The molecule has 2 aromatic rings. The number of hydrogen-bond acceptors (Lipinski definition) is 4. The molecule has 0 saturated carbocycles. The van der Waals surface area contributed by atoms with Gasteiger partial charge in [-0.3, -0.25) is 10.1 Å². The molecule has 0 amide bonds. The van der Waals surface area contributed by atoms with Crippen molar-refractivity contribution in [3.63, 3.8) is 0 Å². The second-order valence-corrected chi connectivity index (χ2v) is 3.81. The van der Waals surface area contributed by atoms with Crippen LogP contribution in [0.25, 0.3) is 0 Å². The van der Waals surface area contributed by atoms with Crippen LogP contribution < -0.4 is 4.74 Å². The summed E-state index contributed by atoms with van der Waals surface area (Å²) in [5.41, 5.74) is 0.724. The summed E-state index contributed by atoms with van der Waals surface area (Å²) in [4.78, 5) is 14.0. The number of ether oxygens (including phenoxy) is 1. The van der Waals surface area contributed by atoms with Gasteiger partial charge in [0.05, 0.1) is 11.5 Å². The first-order chi connectivity index (χ1) is 9.16. The third-order valence-corrected chi connectivity index (χ3v) is 2.49. The number of aromatic nitrogens is 1. The van der Waals surface area contributed by atoms with E-state index >= 15 is 0 Å². The van der Waals surface area contributed by atoms with Gasteiger partial charge in [-0.05, 0) is 23.8 Å². The molecular formula is C13H11FN2O3. The Morgan fingerprint density at radius 1 is 1.26 bits per heavy atom. The molecule has 0 fully saturated rings. The van der Waals surface area contributed by atoms with E-state index in [1.54, 1.807) is 12.1 Å². The van der Waals surface area contributed by atoms with Gasteiger partial charge in [-0.15, -0.1) is 0 Å². The van der Waals surface area contributed by atoms with Crippen molar-refractivity contribution in [1.29, 1.82) is 0 Å². The average Bonchev–Trinajstić information content (AvgIpc) is 2.41. The zero-order chi connectivity index (χ0) is 13.7. The minimum atomic E-state index is -0.541. The first kappa shape index (κ1) is 12.9. The molecular weight excluding hydrogens is 251 g/mol. The Kier molecular flexibility index (Phi) is 4.02. The van der Waals surface area contributed by atoms with Crippen LogP contribution in [0.1, 0.15) is 5.56 Å². The number of nitrogens with zero attached hydrogens (tertiary/aromatic N) is 2. The van der Waals surface area contributed by atoms with Crippen LogP contribution >= 0.6 is 0 Å². The summed E-state index contributed by atoms with van der Waals surface area (Å²) in [6, 6.07) is 8.82. The third-order valence-electron chi connectivity index (χ3n) is 2.49. The molecule has 19 heavy (non-hydrogen) atoms. The highest BCUT2D eigenvalue weighted by atomic mass is 19.1. The number of benzene rings is 1. The summed E-state index contributed by atoms with van der Waals surface area (Å²) < 4.78 is 18.0. The van der Waals surface area contributed by atoms with Gasteiger partial charge in [0.1, 0.15) is 5.82 Å². The zero-order valence-corrected chi connectivity index (χ0v) is 9.95.